The lowest BCUT2D eigenvalue weighted by molar-refractivity contribution is -0.385. The Bertz CT molecular complexity index is 680. The third kappa shape index (κ3) is 3.14. The zero-order chi connectivity index (χ0) is 13.9. The molecule has 0 aliphatic heterocycles. The summed E-state index contributed by atoms with van der Waals surface area (Å²) < 4.78 is 33.1. The van der Waals surface area contributed by atoms with E-state index in [9.17, 15) is 18.5 Å². The molecule has 0 fully saturated rings. The summed E-state index contributed by atoms with van der Waals surface area (Å²) in [5.41, 5.74) is -0.333. The standard InChI is InChI=1S/C10H8N2O6S/c13-12(14)8-2-1-3-9(6-8)19(15,16)18-7-10-11-4-5-17-10/h1-6H,7H2. The minimum Gasteiger partial charge on any atom is -0.446 e. The van der Waals surface area contributed by atoms with Crippen molar-refractivity contribution >= 4 is 15.8 Å². The first-order chi connectivity index (χ1) is 8.99. The molecule has 19 heavy (non-hydrogen) atoms. The van der Waals surface area contributed by atoms with E-state index in [1.165, 1.54) is 30.7 Å². The van der Waals surface area contributed by atoms with E-state index in [4.69, 9.17) is 4.42 Å². The fraction of sp³-hybridized carbons (Fsp3) is 0.100. The number of rotatable bonds is 5. The van der Waals surface area contributed by atoms with Crippen molar-refractivity contribution in [1.82, 2.24) is 4.98 Å². The van der Waals surface area contributed by atoms with Crippen LogP contribution in [0.3, 0.4) is 0 Å². The monoisotopic (exact) mass is 284 g/mol. The zero-order valence-electron chi connectivity index (χ0n) is 9.42. The van der Waals surface area contributed by atoms with Crippen LogP contribution in [0.2, 0.25) is 0 Å². The Morgan fingerprint density at radius 2 is 2.21 bits per heavy atom. The average molecular weight is 284 g/mol. The molecule has 0 aliphatic rings. The highest BCUT2D eigenvalue weighted by atomic mass is 32.2. The fourth-order valence-corrected chi connectivity index (χ4v) is 2.18. The van der Waals surface area contributed by atoms with Gasteiger partial charge in [-0.2, -0.15) is 8.42 Å². The van der Waals surface area contributed by atoms with Crippen LogP contribution in [0, 0.1) is 10.1 Å². The second-order valence-corrected chi connectivity index (χ2v) is 5.01. The SMILES string of the molecule is O=[N+]([O-])c1cccc(S(=O)(=O)OCc2ncco2)c1. The molecule has 1 aromatic carbocycles. The Morgan fingerprint density at radius 3 is 2.84 bits per heavy atom. The lowest BCUT2D eigenvalue weighted by Gasteiger charge is -2.03. The van der Waals surface area contributed by atoms with Crippen LogP contribution in [0.4, 0.5) is 5.69 Å². The van der Waals surface area contributed by atoms with Gasteiger partial charge < -0.3 is 4.42 Å². The number of hydrogen-bond acceptors (Lipinski definition) is 7. The summed E-state index contributed by atoms with van der Waals surface area (Å²) in [6.45, 7) is -0.377. The van der Waals surface area contributed by atoms with Crippen LogP contribution < -0.4 is 0 Å². The van der Waals surface area contributed by atoms with Gasteiger partial charge in [-0.25, -0.2) is 4.98 Å². The number of nitro groups is 1. The van der Waals surface area contributed by atoms with Crippen molar-refractivity contribution in [3.05, 3.63) is 52.7 Å². The minimum absolute atomic E-state index is 0.0917. The number of benzene rings is 1. The third-order valence-electron chi connectivity index (χ3n) is 2.14. The van der Waals surface area contributed by atoms with Crippen molar-refractivity contribution in [3.63, 3.8) is 0 Å². The maximum Gasteiger partial charge on any atom is 0.297 e. The first-order valence-corrected chi connectivity index (χ1v) is 6.42. The summed E-state index contributed by atoms with van der Waals surface area (Å²) in [6, 6.07) is 4.58. The van der Waals surface area contributed by atoms with Gasteiger partial charge in [0.15, 0.2) is 0 Å². The van der Waals surface area contributed by atoms with Gasteiger partial charge in [0.05, 0.1) is 11.1 Å². The zero-order valence-corrected chi connectivity index (χ0v) is 10.2. The second-order valence-electron chi connectivity index (χ2n) is 3.40. The molecule has 0 amide bonds. The first kappa shape index (κ1) is 13.2. The molecule has 0 spiro atoms. The van der Waals surface area contributed by atoms with E-state index < -0.39 is 15.0 Å². The normalized spacial score (nSPS) is 11.4. The predicted molar refractivity (Wildman–Crippen MR) is 61.6 cm³/mol. The highest BCUT2D eigenvalue weighted by Gasteiger charge is 2.19. The largest absolute Gasteiger partial charge is 0.446 e. The molecule has 2 rings (SSSR count). The summed E-state index contributed by atoms with van der Waals surface area (Å²) >= 11 is 0. The summed E-state index contributed by atoms with van der Waals surface area (Å²) in [5.74, 6) is 0.0917. The smallest absolute Gasteiger partial charge is 0.297 e. The molecule has 0 atom stereocenters. The van der Waals surface area contributed by atoms with Gasteiger partial charge in [-0.05, 0) is 6.07 Å². The maximum absolute atomic E-state index is 11.8. The van der Waals surface area contributed by atoms with Crippen molar-refractivity contribution in [1.29, 1.82) is 0 Å². The molecule has 1 aromatic heterocycles. The van der Waals surface area contributed by atoms with Crippen LogP contribution in [0.5, 0.6) is 0 Å². The van der Waals surface area contributed by atoms with E-state index in [0.717, 1.165) is 6.07 Å². The fourth-order valence-electron chi connectivity index (χ4n) is 1.27. The van der Waals surface area contributed by atoms with Gasteiger partial charge in [0.2, 0.25) is 5.89 Å². The van der Waals surface area contributed by atoms with Gasteiger partial charge in [-0.1, -0.05) is 6.07 Å². The molecule has 0 N–H and O–H groups in total. The van der Waals surface area contributed by atoms with Crippen LogP contribution >= 0.6 is 0 Å². The summed E-state index contributed by atoms with van der Waals surface area (Å²) in [5, 5.41) is 10.6. The lowest BCUT2D eigenvalue weighted by Crippen LogP contribution is -2.07. The Kier molecular flexibility index (Phi) is 3.58. The highest BCUT2D eigenvalue weighted by molar-refractivity contribution is 7.86. The Hall–Kier alpha value is -2.26. The van der Waals surface area contributed by atoms with Gasteiger partial charge in [-0.3, -0.25) is 14.3 Å². The van der Waals surface area contributed by atoms with E-state index >= 15 is 0 Å². The van der Waals surface area contributed by atoms with Crippen LogP contribution in [-0.2, 0) is 20.9 Å². The van der Waals surface area contributed by atoms with Crippen LogP contribution in [-0.4, -0.2) is 18.3 Å². The Labute approximate surface area is 107 Å². The molecule has 9 heteroatoms. The molecule has 100 valence electrons. The highest BCUT2D eigenvalue weighted by Crippen LogP contribution is 2.19. The number of nitrogens with zero attached hydrogens (tertiary/aromatic N) is 2. The molecule has 0 unspecified atom stereocenters. The third-order valence-corrected chi connectivity index (χ3v) is 3.40. The van der Waals surface area contributed by atoms with E-state index in [1.807, 2.05) is 0 Å². The van der Waals surface area contributed by atoms with Crippen molar-refractivity contribution in [2.45, 2.75) is 11.5 Å². The van der Waals surface area contributed by atoms with Crippen molar-refractivity contribution in [3.8, 4) is 0 Å². The van der Waals surface area contributed by atoms with Crippen molar-refractivity contribution in [2.24, 2.45) is 0 Å². The van der Waals surface area contributed by atoms with Gasteiger partial charge in [0.25, 0.3) is 15.8 Å². The number of aromatic nitrogens is 1. The molecule has 0 aliphatic carbocycles. The number of hydrogen-bond donors (Lipinski definition) is 0. The number of nitro benzene ring substituents is 1. The molecule has 2 aromatic rings. The van der Waals surface area contributed by atoms with E-state index in [1.54, 1.807) is 0 Å². The van der Waals surface area contributed by atoms with Crippen LogP contribution in [0.25, 0.3) is 0 Å². The van der Waals surface area contributed by atoms with E-state index in [2.05, 4.69) is 9.17 Å². The summed E-state index contributed by atoms with van der Waals surface area (Å²) in [4.78, 5) is 13.3. The summed E-state index contributed by atoms with van der Waals surface area (Å²) in [6.07, 6.45) is 2.62. The van der Waals surface area contributed by atoms with Gasteiger partial charge >= 0.3 is 0 Å². The van der Waals surface area contributed by atoms with E-state index in [0.29, 0.717) is 0 Å². The van der Waals surface area contributed by atoms with Crippen LogP contribution in [0.15, 0.2) is 46.0 Å². The van der Waals surface area contributed by atoms with E-state index in [-0.39, 0.29) is 23.1 Å². The van der Waals surface area contributed by atoms with Crippen molar-refractivity contribution < 1.29 is 21.9 Å². The molecule has 1 heterocycles. The predicted octanol–water partition coefficient (Wildman–Crippen LogP) is 1.49. The topological polar surface area (TPSA) is 113 Å². The van der Waals surface area contributed by atoms with Gasteiger partial charge in [-0.15, -0.1) is 0 Å². The summed E-state index contributed by atoms with van der Waals surface area (Å²) in [7, 11) is -4.10. The van der Waals surface area contributed by atoms with Gasteiger partial charge in [0, 0.05) is 12.1 Å². The molecule has 0 bridgehead atoms. The maximum atomic E-state index is 11.8. The minimum atomic E-state index is -4.10. The Balaban J connectivity index is 2.19. The van der Waals surface area contributed by atoms with Crippen molar-refractivity contribution in [2.75, 3.05) is 0 Å². The lowest BCUT2D eigenvalue weighted by atomic mass is 10.3. The van der Waals surface area contributed by atoms with Crippen LogP contribution in [0.1, 0.15) is 5.89 Å². The molecule has 0 saturated carbocycles. The molecular weight excluding hydrogens is 276 g/mol. The van der Waals surface area contributed by atoms with Gasteiger partial charge in [0.1, 0.15) is 17.8 Å². The first-order valence-electron chi connectivity index (χ1n) is 5.01. The molecule has 0 saturated heterocycles. The average Bonchev–Trinajstić information content (AvgIpc) is 2.90. The number of oxazole rings is 1. The Morgan fingerprint density at radius 1 is 1.42 bits per heavy atom. The molecular formula is C10H8N2O6S. The molecule has 8 nitrogen and oxygen atoms in total. The quantitative estimate of drug-likeness (QED) is 0.464. The molecule has 0 radical (unpaired) electrons. The number of non-ortho nitro benzene ring substituents is 1. The second kappa shape index (κ2) is 5.16.